The summed E-state index contributed by atoms with van der Waals surface area (Å²) in [7, 11) is 0. The number of Topliss-reactive ketones (excluding diaryl/α,β-unsaturated/α-hetero) is 1. The molecule has 0 bridgehead atoms. The van der Waals surface area contributed by atoms with Gasteiger partial charge in [-0.15, -0.1) is 0 Å². The Morgan fingerprint density at radius 2 is 1.93 bits per heavy atom. The fraction of sp³-hybridized carbons (Fsp3) is 0.300. The number of aromatic hydroxyl groups is 2. The maximum absolute atomic E-state index is 11.5. The largest absolute Gasteiger partial charge is 0.504 e. The molecule has 1 aromatic rings. The van der Waals surface area contributed by atoms with Gasteiger partial charge in [0.05, 0.1) is 5.56 Å². The van der Waals surface area contributed by atoms with Crippen LogP contribution in [0.5, 0.6) is 11.5 Å². The van der Waals surface area contributed by atoms with Crippen molar-refractivity contribution in [1.29, 1.82) is 0 Å². The number of phenols is 2. The Bertz CT molecular complexity index is 372. The van der Waals surface area contributed by atoms with Crippen molar-refractivity contribution >= 4 is 17.4 Å². The van der Waals surface area contributed by atoms with Gasteiger partial charge >= 0.3 is 0 Å². The van der Waals surface area contributed by atoms with Crippen molar-refractivity contribution in [2.45, 2.75) is 13.8 Å². The molecule has 2 N–H and O–H groups in total. The van der Waals surface area contributed by atoms with E-state index < -0.39 is 5.75 Å². The molecule has 0 unspecified atom stereocenters. The third-order valence-electron chi connectivity index (χ3n) is 1.84. The number of hydrogen-bond donors (Lipinski definition) is 2. The molecule has 0 aromatic heterocycles. The first-order chi connectivity index (χ1) is 6.43. The van der Waals surface area contributed by atoms with E-state index in [1.54, 1.807) is 13.8 Å². The summed E-state index contributed by atoms with van der Waals surface area (Å²) in [5, 5.41) is 18.9. The molecule has 0 heterocycles. The van der Waals surface area contributed by atoms with Crippen LogP contribution in [0, 0.1) is 5.92 Å². The van der Waals surface area contributed by atoms with E-state index in [0.29, 0.717) is 0 Å². The molecule has 0 saturated carbocycles. The molecular weight excluding hydrogens is 204 g/mol. The lowest BCUT2D eigenvalue weighted by molar-refractivity contribution is 0.0936. The summed E-state index contributed by atoms with van der Waals surface area (Å²) in [6.45, 7) is 3.42. The summed E-state index contributed by atoms with van der Waals surface area (Å²) in [5.41, 5.74) is 0.0602. The monoisotopic (exact) mass is 214 g/mol. The highest BCUT2D eigenvalue weighted by atomic mass is 35.5. The average Bonchev–Trinajstić information content (AvgIpc) is 2.09. The molecule has 1 rings (SSSR count). The first-order valence-electron chi connectivity index (χ1n) is 4.19. The van der Waals surface area contributed by atoms with Crippen LogP contribution in [-0.4, -0.2) is 16.0 Å². The van der Waals surface area contributed by atoms with Gasteiger partial charge in [-0.3, -0.25) is 4.79 Å². The highest BCUT2D eigenvalue weighted by Crippen LogP contribution is 2.33. The molecule has 0 saturated heterocycles. The second-order valence-electron chi connectivity index (χ2n) is 3.34. The zero-order valence-corrected chi connectivity index (χ0v) is 8.67. The zero-order valence-electron chi connectivity index (χ0n) is 7.91. The lowest BCUT2D eigenvalue weighted by Gasteiger charge is -2.08. The Kier molecular flexibility index (Phi) is 3.01. The van der Waals surface area contributed by atoms with E-state index in [1.807, 2.05) is 0 Å². The molecule has 0 aliphatic carbocycles. The number of hydrogen-bond acceptors (Lipinski definition) is 3. The second kappa shape index (κ2) is 3.88. The quantitative estimate of drug-likeness (QED) is 0.588. The molecule has 4 heteroatoms. The lowest BCUT2D eigenvalue weighted by Crippen LogP contribution is -2.07. The Morgan fingerprint density at radius 3 is 2.43 bits per heavy atom. The Labute approximate surface area is 86.9 Å². The van der Waals surface area contributed by atoms with Crippen LogP contribution in [0.3, 0.4) is 0 Å². The van der Waals surface area contributed by atoms with E-state index in [1.165, 1.54) is 12.1 Å². The van der Waals surface area contributed by atoms with Crippen LogP contribution in [0.1, 0.15) is 24.2 Å². The van der Waals surface area contributed by atoms with Crippen LogP contribution in [0.2, 0.25) is 5.02 Å². The van der Waals surface area contributed by atoms with Gasteiger partial charge in [0.15, 0.2) is 17.3 Å². The predicted molar refractivity (Wildman–Crippen MR) is 54.0 cm³/mol. The number of carbonyl (C=O) groups is 1. The van der Waals surface area contributed by atoms with Gasteiger partial charge in [-0.2, -0.15) is 0 Å². The van der Waals surface area contributed by atoms with Crippen LogP contribution in [0.4, 0.5) is 0 Å². The fourth-order valence-corrected chi connectivity index (χ4v) is 1.30. The molecule has 0 radical (unpaired) electrons. The Balaban J connectivity index is 3.27. The molecule has 0 amide bonds. The number of benzene rings is 1. The van der Waals surface area contributed by atoms with E-state index >= 15 is 0 Å². The van der Waals surface area contributed by atoms with Crippen LogP contribution in [0.15, 0.2) is 12.1 Å². The van der Waals surface area contributed by atoms with Crippen LogP contribution >= 0.6 is 11.6 Å². The predicted octanol–water partition coefficient (Wildman–Crippen LogP) is 2.59. The third-order valence-corrected chi connectivity index (χ3v) is 2.06. The van der Waals surface area contributed by atoms with Crippen molar-refractivity contribution in [3.63, 3.8) is 0 Å². The second-order valence-corrected chi connectivity index (χ2v) is 3.78. The molecule has 0 aliphatic rings. The summed E-state index contributed by atoms with van der Waals surface area (Å²) >= 11 is 5.65. The molecule has 0 spiro atoms. The molecule has 0 fully saturated rings. The van der Waals surface area contributed by atoms with Crippen LogP contribution < -0.4 is 0 Å². The molecule has 3 nitrogen and oxygen atoms in total. The number of carbonyl (C=O) groups excluding carboxylic acids is 1. The van der Waals surface area contributed by atoms with Gasteiger partial charge in [-0.25, -0.2) is 0 Å². The van der Waals surface area contributed by atoms with E-state index in [-0.39, 0.29) is 28.0 Å². The number of rotatable bonds is 2. The normalized spacial score (nSPS) is 10.6. The number of ketones is 1. The third kappa shape index (κ3) is 1.99. The molecular formula is C10H11ClO3. The summed E-state index contributed by atoms with van der Waals surface area (Å²) in [5.74, 6) is -1.28. The van der Waals surface area contributed by atoms with Crippen LogP contribution in [-0.2, 0) is 0 Å². The maximum Gasteiger partial charge on any atom is 0.169 e. The van der Waals surface area contributed by atoms with Crippen molar-refractivity contribution in [3.8, 4) is 11.5 Å². The maximum atomic E-state index is 11.5. The van der Waals surface area contributed by atoms with E-state index in [4.69, 9.17) is 11.6 Å². The molecule has 76 valence electrons. The smallest absolute Gasteiger partial charge is 0.169 e. The molecule has 0 aliphatic heterocycles. The van der Waals surface area contributed by atoms with Gasteiger partial charge in [0.25, 0.3) is 0 Å². The lowest BCUT2D eigenvalue weighted by atomic mass is 10.00. The first-order valence-corrected chi connectivity index (χ1v) is 4.57. The van der Waals surface area contributed by atoms with Crippen molar-refractivity contribution in [2.75, 3.05) is 0 Å². The number of phenolic OH excluding ortho intramolecular Hbond substituents is 2. The first kappa shape index (κ1) is 10.9. The van der Waals surface area contributed by atoms with Gasteiger partial charge in [0, 0.05) is 17.0 Å². The van der Waals surface area contributed by atoms with Crippen molar-refractivity contribution in [1.82, 2.24) is 0 Å². The van der Waals surface area contributed by atoms with E-state index in [0.717, 1.165) is 0 Å². The standard InChI is InChI=1S/C10H11ClO3/c1-5(2)9(13)7-3-6(11)4-8(12)10(7)14/h3-5,12,14H,1-2H3. The minimum Gasteiger partial charge on any atom is -0.504 e. The van der Waals surface area contributed by atoms with Gasteiger partial charge in [0.2, 0.25) is 0 Å². The van der Waals surface area contributed by atoms with Crippen molar-refractivity contribution < 1.29 is 15.0 Å². The average molecular weight is 215 g/mol. The van der Waals surface area contributed by atoms with Gasteiger partial charge in [-0.05, 0) is 6.07 Å². The highest BCUT2D eigenvalue weighted by Gasteiger charge is 2.18. The zero-order chi connectivity index (χ0) is 10.9. The summed E-state index contributed by atoms with van der Waals surface area (Å²) in [6, 6.07) is 2.53. The summed E-state index contributed by atoms with van der Waals surface area (Å²) in [4.78, 5) is 11.5. The fourth-order valence-electron chi connectivity index (χ4n) is 1.08. The highest BCUT2D eigenvalue weighted by molar-refractivity contribution is 6.31. The topological polar surface area (TPSA) is 57.5 Å². The Morgan fingerprint density at radius 1 is 1.36 bits per heavy atom. The minimum absolute atomic E-state index is 0.0602. The van der Waals surface area contributed by atoms with E-state index in [9.17, 15) is 15.0 Å². The van der Waals surface area contributed by atoms with E-state index in [2.05, 4.69) is 0 Å². The Hall–Kier alpha value is -1.22. The SMILES string of the molecule is CC(C)C(=O)c1cc(Cl)cc(O)c1O. The van der Waals surface area contributed by atoms with Gasteiger partial charge in [-0.1, -0.05) is 25.4 Å². The van der Waals surface area contributed by atoms with Crippen molar-refractivity contribution in [2.24, 2.45) is 5.92 Å². The number of halogens is 1. The molecule has 1 aromatic carbocycles. The van der Waals surface area contributed by atoms with Gasteiger partial charge in [0.1, 0.15) is 0 Å². The van der Waals surface area contributed by atoms with Gasteiger partial charge < -0.3 is 10.2 Å². The molecule has 14 heavy (non-hydrogen) atoms. The van der Waals surface area contributed by atoms with Crippen LogP contribution in [0.25, 0.3) is 0 Å². The summed E-state index contributed by atoms with van der Waals surface area (Å²) < 4.78 is 0. The van der Waals surface area contributed by atoms with Crippen molar-refractivity contribution in [3.05, 3.63) is 22.7 Å². The summed E-state index contributed by atoms with van der Waals surface area (Å²) in [6.07, 6.45) is 0. The molecule has 0 atom stereocenters. The minimum atomic E-state index is -0.409.